The van der Waals surface area contributed by atoms with Crippen molar-refractivity contribution in [2.75, 3.05) is 13.6 Å². The average molecular weight is 398 g/mol. The quantitative estimate of drug-likeness (QED) is 0.775. The van der Waals surface area contributed by atoms with Gasteiger partial charge in [-0.15, -0.1) is 0 Å². The van der Waals surface area contributed by atoms with Gasteiger partial charge in [-0.2, -0.15) is 0 Å². The summed E-state index contributed by atoms with van der Waals surface area (Å²) < 4.78 is 5.83. The summed E-state index contributed by atoms with van der Waals surface area (Å²) in [5.41, 5.74) is 2.22. The Labute approximate surface area is 172 Å². The van der Waals surface area contributed by atoms with Gasteiger partial charge in [-0.3, -0.25) is 4.79 Å². The Morgan fingerprint density at radius 3 is 2.69 bits per heavy atom. The van der Waals surface area contributed by atoms with Crippen molar-refractivity contribution in [3.8, 4) is 0 Å². The fourth-order valence-corrected chi connectivity index (χ4v) is 3.93. The van der Waals surface area contributed by atoms with Crippen molar-refractivity contribution in [2.45, 2.75) is 52.6 Å². The zero-order valence-corrected chi connectivity index (χ0v) is 17.7. The van der Waals surface area contributed by atoms with E-state index in [1.165, 1.54) is 0 Å². The van der Waals surface area contributed by atoms with E-state index < -0.39 is 0 Å². The fourth-order valence-electron chi connectivity index (χ4n) is 3.93. The van der Waals surface area contributed by atoms with Crippen molar-refractivity contribution < 1.29 is 14.0 Å². The van der Waals surface area contributed by atoms with Crippen LogP contribution in [0.5, 0.6) is 0 Å². The Morgan fingerprint density at radius 2 is 1.97 bits per heavy atom. The van der Waals surface area contributed by atoms with E-state index in [2.05, 4.69) is 24.5 Å². The predicted octanol–water partition coefficient (Wildman–Crippen LogP) is 3.95. The summed E-state index contributed by atoms with van der Waals surface area (Å²) in [7, 11) is 1.75. The van der Waals surface area contributed by atoms with Crippen LogP contribution < -0.4 is 10.6 Å². The van der Waals surface area contributed by atoms with Gasteiger partial charge in [0.15, 0.2) is 0 Å². The normalized spacial score (nSPS) is 17.3. The van der Waals surface area contributed by atoms with Crippen LogP contribution in [0.25, 0.3) is 0 Å². The summed E-state index contributed by atoms with van der Waals surface area (Å²) in [4.78, 5) is 26.3. The van der Waals surface area contributed by atoms with Crippen molar-refractivity contribution in [2.24, 2.45) is 5.41 Å². The molecule has 0 bridgehead atoms. The van der Waals surface area contributed by atoms with Crippen LogP contribution >= 0.6 is 0 Å². The fraction of sp³-hybridized carbons (Fsp3) is 0.478. The van der Waals surface area contributed by atoms with E-state index >= 15 is 0 Å². The molecule has 2 N–H and O–H groups in total. The van der Waals surface area contributed by atoms with Gasteiger partial charge in [0, 0.05) is 38.5 Å². The highest BCUT2D eigenvalue weighted by molar-refractivity contribution is 5.78. The van der Waals surface area contributed by atoms with Crippen LogP contribution in [0.3, 0.4) is 0 Å². The number of hydrogen-bond acceptors (Lipinski definition) is 3. The standard InChI is InChI=1S/C23H31N3O3/c1-16-12-18-19(13-23(2,3)14-20(18)29-16)25-21(27)10-11-24-22(28)26(4)15-17-8-6-5-7-9-17/h5-9,12,19H,10-11,13-15H2,1-4H3,(H,24,28)(H,25,27). The maximum Gasteiger partial charge on any atom is 0.317 e. The molecule has 1 aliphatic rings. The predicted molar refractivity (Wildman–Crippen MR) is 112 cm³/mol. The largest absolute Gasteiger partial charge is 0.466 e. The molecule has 3 amide bonds. The first-order valence-electron chi connectivity index (χ1n) is 10.1. The SMILES string of the molecule is Cc1cc2c(o1)CC(C)(C)CC2NC(=O)CCNC(=O)N(C)Cc1ccccc1. The second kappa shape index (κ2) is 8.72. The summed E-state index contributed by atoms with van der Waals surface area (Å²) >= 11 is 0. The lowest BCUT2D eigenvalue weighted by Gasteiger charge is -2.34. The first-order chi connectivity index (χ1) is 13.7. The molecular weight excluding hydrogens is 366 g/mol. The van der Waals surface area contributed by atoms with E-state index in [1.807, 2.05) is 43.3 Å². The van der Waals surface area contributed by atoms with Crippen LogP contribution in [0.2, 0.25) is 0 Å². The summed E-state index contributed by atoms with van der Waals surface area (Å²) in [6, 6.07) is 11.6. The van der Waals surface area contributed by atoms with Crippen LogP contribution in [0.1, 0.15) is 55.4 Å². The van der Waals surface area contributed by atoms with Crippen LogP contribution in [0, 0.1) is 12.3 Å². The van der Waals surface area contributed by atoms with Gasteiger partial charge in [0.1, 0.15) is 11.5 Å². The summed E-state index contributed by atoms with van der Waals surface area (Å²) in [5.74, 6) is 1.78. The molecule has 1 heterocycles. The maximum atomic E-state index is 12.5. The van der Waals surface area contributed by atoms with Gasteiger partial charge in [-0.1, -0.05) is 44.2 Å². The highest BCUT2D eigenvalue weighted by atomic mass is 16.3. The Bertz CT molecular complexity index is 858. The van der Waals surface area contributed by atoms with Gasteiger partial charge in [0.25, 0.3) is 0 Å². The number of carbonyl (C=O) groups excluding carboxylic acids is 2. The van der Waals surface area contributed by atoms with Crippen LogP contribution in [0.15, 0.2) is 40.8 Å². The molecule has 0 fully saturated rings. The van der Waals surface area contributed by atoms with Gasteiger partial charge in [-0.05, 0) is 30.4 Å². The Balaban J connectivity index is 1.47. The maximum absolute atomic E-state index is 12.5. The minimum atomic E-state index is -0.187. The van der Waals surface area contributed by atoms with Crippen molar-refractivity contribution in [3.05, 3.63) is 59.0 Å². The van der Waals surface area contributed by atoms with Crippen molar-refractivity contribution >= 4 is 11.9 Å². The van der Waals surface area contributed by atoms with E-state index in [4.69, 9.17) is 4.42 Å². The van der Waals surface area contributed by atoms with E-state index in [0.717, 1.165) is 35.5 Å². The lowest BCUT2D eigenvalue weighted by atomic mass is 9.74. The number of carbonyl (C=O) groups is 2. The molecule has 1 aromatic heterocycles. The highest BCUT2D eigenvalue weighted by Crippen LogP contribution is 2.41. The van der Waals surface area contributed by atoms with Crippen molar-refractivity contribution in [3.63, 3.8) is 0 Å². The third-order valence-corrected chi connectivity index (χ3v) is 5.31. The minimum absolute atomic E-state index is 0.0462. The first-order valence-corrected chi connectivity index (χ1v) is 10.1. The van der Waals surface area contributed by atoms with Crippen LogP contribution in [-0.2, 0) is 17.8 Å². The smallest absolute Gasteiger partial charge is 0.317 e. The molecular formula is C23H31N3O3. The van der Waals surface area contributed by atoms with Crippen molar-refractivity contribution in [1.29, 1.82) is 0 Å². The van der Waals surface area contributed by atoms with E-state index in [-0.39, 0.29) is 29.8 Å². The van der Waals surface area contributed by atoms with Gasteiger partial charge in [-0.25, -0.2) is 4.79 Å². The molecule has 0 radical (unpaired) electrons. The third-order valence-electron chi connectivity index (χ3n) is 5.31. The molecule has 1 unspecified atom stereocenters. The summed E-state index contributed by atoms with van der Waals surface area (Å²) in [6.07, 6.45) is 2.00. The molecule has 29 heavy (non-hydrogen) atoms. The molecule has 3 rings (SSSR count). The highest BCUT2D eigenvalue weighted by Gasteiger charge is 2.35. The second-order valence-electron chi connectivity index (χ2n) is 8.72. The van der Waals surface area contributed by atoms with Crippen molar-refractivity contribution in [1.82, 2.24) is 15.5 Å². The lowest BCUT2D eigenvalue weighted by molar-refractivity contribution is -0.122. The number of hydrogen-bond donors (Lipinski definition) is 2. The Morgan fingerprint density at radius 1 is 1.24 bits per heavy atom. The molecule has 6 nitrogen and oxygen atoms in total. The molecule has 0 saturated carbocycles. The third kappa shape index (κ3) is 5.62. The minimum Gasteiger partial charge on any atom is -0.466 e. The average Bonchev–Trinajstić information content (AvgIpc) is 3.01. The van der Waals surface area contributed by atoms with Gasteiger partial charge in [0.2, 0.25) is 5.91 Å². The van der Waals surface area contributed by atoms with E-state index in [1.54, 1.807) is 11.9 Å². The number of amides is 3. The topological polar surface area (TPSA) is 74.6 Å². The monoisotopic (exact) mass is 397 g/mol. The Kier molecular flexibility index (Phi) is 6.30. The summed E-state index contributed by atoms with van der Waals surface area (Å²) in [6.45, 7) is 7.15. The molecule has 1 aromatic carbocycles. The molecule has 2 aromatic rings. The van der Waals surface area contributed by atoms with E-state index in [9.17, 15) is 9.59 Å². The second-order valence-corrected chi connectivity index (χ2v) is 8.72. The number of benzene rings is 1. The van der Waals surface area contributed by atoms with Crippen LogP contribution in [-0.4, -0.2) is 30.4 Å². The lowest BCUT2D eigenvalue weighted by Crippen LogP contribution is -2.40. The van der Waals surface area contributed by atoms with Gasteiger partial charge >= 0.3 is 6.03 Å². The summed E-state index contributed by atoms with van der Waals surface area (Å²) in [5, 5.41) is 5.94. The Hall–Kier alpha value is -2.76. The molecule has 0 aliphatic heterocycles. The molecule has 1 atom stereocenters. The number of urea groups is 1. The number of rotatable bonds is 6. The zero-order valence-electron chi connectivity index (χ0n) is 17.7. The number of nitrogens with one attached hydrogen (secondary N) is 2. The number of fused-ring (bicyclic) bond motifs is 1. The van der Waals surface area contributed by atoms with Gasteiger partial charge < -0.3 is 20.0 Å². The first kappa shape index (κ1) is 21.0. The number of nitrogens with zero attached hydrogens (tertiary/aromatic N) is 1. The number of aryl methyl sites for hydroxylation is 1. The molecule has 156 valence electrons. The molecule has 0 spiro atoms. The number of furan rings is 1. The zero-order chi connectivity index (χ0) is 21.0. The van der Waals surface area contributed by atoms with Gasteiger partial charge in [0.05, 0.1) is 6.04 Å². The van der Waals surface area contributed by atoms with Crippen LogP contribution in [0.4, 0.5) is 4.79 Å². The molecule has 0 saturated heterocycles. The van der Waals surface area contributed by atoms with E-state index in [0.29, 0.717) is 13.1 Å². The molecule has 6 heteroatoms. The molecule has 1 aliphatic carbocycles.